The molecule has 0 spiro atoms. The van der Waals surface area contributed by atoms with E-state index in [4.69, 9.17) is 0 Å². The SMILES string of the molecule is c1ccc(-c2ccccc2-c2ccccc2-c2ccccc2N(c2ccc(-c3cccc4c5ccccc5n(-c5ccccc5)c34)cc2)c2cccc3ccccc23)cc1. The van der Waals surface area contributed by atoms with E-state index < -0.39 is 0 Å². The van der Waals surface area contributed by atoms with Gasteiger partial charge in [-0.3, -0.25) is 0 Å². The molecular formula is C58H40N2. The smallest absolute Gasteiger partial charge is 0.0619 e. The minimum absolute atomic E-state index is 1.08. The van der Waals surface area contributed by atoms with Crippen molar-refractivity contribution in [2.75, 3.05) is 4.90 Å². The van der Waals surface area contributed by atoms with Gasteiger partial charge in [0.2, 0.25) is 0 Å². The van der Waals surface area contributed by atoms with Crippen LogP contribution in [0, 0.1) is 0 Å². The van der Waals surface area contributed by atoms with E-state index in [1.807, 2.05) is 0 Å². The summed E-state index contributed by atoms with van der Waals surface area (Å²) in [6, 6.07) is 87.9. The standard InChI is InChI=1S/C58H40N2/c1-3-19-41(20-4-1)46-25-9-10-27-49(46)50-28-11-12-29-51(50)52-30-13-15-34-56(52)59(55-36-17-22-42-21-7-8-26-47(42)55)45-39-37-43(38-40-45)48-32-18-33-54-53-31-14-16-35-57(53)60(58(48)54)44-23-5-2-6-24-44/h1-40H. The number of nitrogens with zero attached hydrogens (tertiary/aromatic N) is 2. The Bertz CT molecular complexity index is 3300. The number of fused-ring (bicyclic) bond motifs is 4. The van der Waals surface area contributed by atoms with Gasteiger partial charge < -0.3 is 9.47 Å². The molecule has 0 aliphatic rings. The summed E-state index contributed by atoms with van der Waals surface area (Å²) in [4.78, 5) is 2.45. The van der Waals surface area contributed by atoms with Crippen LogP contribution in [0.3, 0.4) is 0 Å². The number of rotatable bonds is 8. The number of hydrogen-bond donors (Lipinski definition) is 0. The van der Waals surface area contributed by atoms with Crippen LogP contribution < -0.4 is 4.90 Å². The molecule has 2 heteroatoms. The third-order valence-corrected chi connectivity index (χ3v) is 11.8. The number of aromatic nitrogens is 1. The first kappa shape index (κ1) is 35.2. The first-order chi connectivity index (χ1) is 29.8. The second kappa shape index (κ2) is 15.1. The van der Waals surface area contributed by atoms with Crippen molar-refractivity contribution in [3.63, 3.8) is 0 Å². The van der Waals surface area contributed by atoms with Gasteiger partial charge in [-0.1, -0.05) is 200 Å². The monoisotopic (exact) mass is 764 g/mol. The molecule has 0 N–H and O–H groups in total. The van der Waals surface area contributed by atoms with Crippen molar-refractivity contribution in [3.05, 3.63) is 243 Å². The lowest BCUT2D eigenvalue weighted by molar-refractivity contribution is 1.18. The molecule has 0 saturated heterocycles. The van der Waals surface area contributed by atoms with Gasteiger partial charge in [0.1, 0.15) is 0 Å². The van der Waals surface area contributed by atoms with Crippen molar-refractivity contribution in [3.8, 4) is 50.2 Å². The van der Waals surface area contributed by atoms with Crippen LogP contribution in [0.1, 0.15) is 0 Å². The fourth-order valence-corrected chi connectivity index (χ4v) is 9.13. The second-order valence-electron chi connectivity index (χ2n) is 15.2. The van der Waals surface area contributed by atoms with Gasteiger partial charge in [-0.15, -0.1) is 0 Å². The van der Waals surface area contributed by atoms with Crippen LogP contribution in [0.25, 0.3) is 82.8 Å². The Morgan fingerprint density at radius 3 is 1.53 bits per heavy atom. The number of hydrogen-bond acceptors (Lipinski definition) is 1. The van der Waals surface area contributed by atoms with Gasteiger partial charge in [-0.25, -0.2) is 0 Å². The quantitative estimate of drug-likeness (QED) is 0.150. The maximum absolute atomic E-state index is 2.45. The highest BCUT2D eigenvalue weighted by atomic mass is 15.1. The normalized spacial score (nSPS) is 11.3. The Morgan fingerprint density at radius 2 is 0.767 bits per heavy atom. The number of para-hydroxylation sites is 4. The van der Waals surface area contributed by atoms with E-state index in [1.54, 1.807) is 0 Å². The molecule has 0 amide bonds. The van der Waals surface area contributed by atoms with Crippen molar-refractivity contribution in [2.24, 2.45) is 0 Å². The zero-order valence-electron chi connectivity index (χ0n) is 33.0. The van der Waals surface area contributed by atoms with E-state index in [1.165, 1.54) is 71.5 Å². The van der Waals surface area contributed by atoms with Crippen LogP contribution in [0.5, 0.6) is 0 Å². The van der Waals surface area contributed by atoms with Gasteiger partial charge in [-0.05, 0) is 81.2 Å². The average molecular weight is 765 g/mol. The highest BCUT2D eigenvalue weighted by Crippen LogP contribution is 2.47. The van der Waals surface area contributed by atoms with Crippen LogP contribution in [-0.2, 0) is 0 Å². The first-order valence-electron chi connectivity index (χ1n) is 20.6. The minimum Gasteiger partial charge on any atom is -0.309 e. The second-order valence-corrected chi connectivity index (χ2v) is 15.2. The topological polar surface area (TPSA) is 8.17 Å². The summed E-state index contributed by atoms with van der Waals surface area (Å²) in [5.41, 5.74) is 16.4. The maximum atomic E-state index is 2.45. The van der Waals surface area contributed by atoms with E-state index in [0.29, 0.717) is 0 Å². The van der Waals surface area contributed by atoms with Gasteiger partial charge in [0.25, 0.3) is 0 Å². The molecule has 282 valence electrons. The van der Waals surface area contributed by atoms with Crippen molar-refractivity contribution < 1.29 is 0 Å². The number of benzene rings is 10. The highest BCUT2D eigenvalue weighted by Gasteiger charge is 2.22. The molecule has 0 radical (unpaired) electrons. The van der Waals surface area contributed by atoms with Crippen molar-refractivity contribution in [1.29, 1.82) is 0 Å². The number of anilines is 3. The fourth-order valence-electron chi connectivity index (χ4n) is 9.13. The molecule has 0 bridgehead atoms. The lowest BCUT2D eigenvalue weighted by Crippen LogP contribution is -2.12. The van der Waals surface area contributed by atoms with Gasteiger partial charge in [0, 0.05) is 38.7 Å². The molecule has 10 aromatic carbocycles. The summed E-state index contributed by atoms with van der Waals surface area (Å²) >= 11 is 0. The predicted octanol–water partition coefficient (Wildman–Crippen LogP) is 16.1. The molecule has 2 nitrogen and oxygen atoms in total. The summed E-state index contributed by atoms with van der Waals surface area (Å²) in [7, 11) is 0. The van der Waals surface area contributed by atoms with Crippen LogP contribution in [0.4, 0.5) is 17.1 Å². The van der Waals surface area contributed by atoms with Crippen molar-refractivity contribution >= 4 is 49.6 Å². The fraction of sp³-hybridized carbons (Fsp3) is 0. The first-order valence-corrected chi connectivity index (χ1v) is 20.6. The van der Waals surface area contributed by atoms with Gasteiger partial charge in [0.05, 0.1) is 22.4 Å². The zero-order valence-corrected chi connectivity index (χ0v) is 33.0. The lowest BCUT2D eigenvalue weighted by atomic mass is 9.88. The summed E-state index contributed by atoms with van der Waals surface area (Å²) in [6.45, 7) is 0. The molecule has 0 unspecified atom stereocenters. The Hall–Kier alpha value is -7.94. The highest BCUT2D eigenvalue weighted by molar-refractivity contribution is 6.14. The van der Waals surface area contributed by atoms with E-state index >= 15 is 0 Å². The van der Waals surface area contributed by atoms with E-state index in [2.05, 4.69) is 252 Å². The van der Waals surface area contributed by atoms with Crippen molar-refractivity contribution in [2.45, 2.75) is 0 Å². The van der Waals surface area contributed by atoms with E-state index in [0.717, 1.165) is 28.3 Å². The van der Waals surface area contributed by atoms with Gasteiger partial charge in [-0.2, -0.15) is 0 Å². The molecule has 0 atom stereocenters. The van der Waals surface area contributed by atoms with Crippen LogP contribution in [0.15, 0.2) is 243 Å². The van der Waals surface area contributed by atoms with Crippen LogP contribution in [-0.4, -0.2) is 4.57 Å². The third kappa shape index (κ3) is 6.06. The third-order valence-electron chi connectivity index (χ3n) is 11.8. The summed E-state index contributed by atoms with van der Waals surface area (Å²) in [5.74, 6) is 0. The Kier molecular flexibility index (Phi) is 8.87. The summed E-state index contributed by atoms with van der Waals surface area (Å²) < 4.78 is 2.42. The molecule has 60 heavy (non-hydrogen) atoms. The minimum atomic E-state index is 1.08. The Labute approximate surface area is 350 Å². The molecular weight excluding hydrogens is 725 g/mol. The molecule has 11 aromatic rings. The summed E-state index contributed by atoms with van der Waals surface area (Å²) in [6.07, 6.45) is 0. The molecule has 1 heterocycles. The molecule has 0 aliphatic heterocycles. The van der Waals surface area contributed by atoms with Gasteiger partial charge >= 0.3 is 0 Å². The molecule has 0 aliphatic carbocycles. The van der Waals surface area contributed by atoms with Crippen LogP contribution in [0.2, 0.25) is 0 Å². The van der Waals surface area contributed by atoms with Gasteiger partial charge in [0.15, 0.2) is 0 Å². The molecule has 1 aromatic heterocycles. The Morgan fingerprint density at radius 1 is 0.283 bits per heavy atom. The Balaban J connectivity index is 1.10. The average Bonchev–Trinajstić information content (AvgIpc) is 3.67. The van der Waals surface area contributed by atoms with Crippen LogP contribution >= 0.6 is 0 Å². The molecule has 0 fully saturated rings. The van der Waals surface area contributed by atoms with Crippen molar-refractivity contribution in [1.82, 2.24) is 4.57 Å². The summed E-state index contributed by atoms with van der Waals surface area (Å²) in [5, 5.41) is 4.89. The molecule has 11 rings (SSSR count). The molecule has 0 saturated carbocycles. The lowest BCUT2D eigenvalue weighted by Gasteiger charge is -2.29. The zero-order chi connectivity index (χ0) is 39.8. The van der Waals surface area contributed by atoms with E-state index in [9.17, 15) is 0 Å². The largest absolute Gasteiger partial charge is 0.309 e. The van der Waals surface area contributed by atoms with E-state index in [-0.39, 0.29) is 0 Å². The predicted molar refractivity (Wildman–Crippen MR) is 255 cm³/mol. The maximum Gasteiger partial charge on any atom is 0.0619 e.